The van der Waals surface area contributed by atoms with Gasteiger partial charge in [0.1, 0.15) is 30.5 Å². The van der Waals surface area contributed by atoms with Gasteiger partial charge < -0.3 is 105 Å². The van der Waals surface area contributed by atoms with Crippen LogP contribution in [0.5, 0.6) is 0 Å². The van der Waals surface area contributed by atoms with Crippen molar-refractivity contribution in [1.29, 1.82) is 0 Å². The normalized spacial score (nSPS) is 45.4. The number of fused-ring (bicyclic) bond motifs is 2. The molecule has 5 rings (SSSR count). The van der Waals surface area contributed by atoms with Gasteiger partial charge in [0.15, 0.2) is 12.1 Å². The fourth-order valence-electron chi connectivity index (χ4n) is 10.7. The summed E-state index contributed by atoms with van der Waals surface area (Å²) in [6.45, 7) is 7.62. The van der Waals surface area contributed by atoms with E-state index in [0.717, 1.165) is 0 Å². The van der Waals surface area contributed by atoms with Crippen molar-refractivity contribution in [1.82, 2.24) is 20.7 Å². The molecule has 0 spiro atoms. The highest BCUT2D eigenvalue weighted by atomic mass is 16.7. The second-order valence-corrected chi connectivity index (χ2v) is 23.0. The molecule has 5 aliphatic rings. The largest absolute Gasteiger partial charge is 0.462 e. The zero-order valence-corrected chi connectivity index (χ0v) is 48.1. The summed E-state index contributed by atoms with van der Waals surface area (Å²) in [7, 11) is 1.93. The summed E-state index contributed by atoms with van der Waals surface area (Å²) < 4.78 is 29.5. The average molecular weight is 1180 g/mol. The van der Waals surface area contributed by atoms with Crippen molar-refractivity contribution < 1.29 is 105 Å². The molecular weight excluding hydrogens is 1090 g/mol. The van der Waals surface area contributed by atoms with Crippen LogP contribution < -0.4 is 10.7 Å². The number of likely N-dealkylation sites (N-methyl/N-ethyl adjacent to an activating group) is 1. The predicted octanol–water partition coefficient (Wildman–Crippen LogP) is -2.66. The second kappa shape index (κ2) is 33.4. The zero-order chi connectivity index (χ0) is 61.2. The van der Waals surface area contributed by atoms with Crippen LogP contribution in [0.3, 0.4) is 0 Å². The lowest BCUT2D eigenvalue weighted by atomic mass is 9.82. The smallest absolute Gasteiger partial charge is 0.308 e. The summed E-state index contributed by atoms with van der Waals surface area (Å²) in [5.74, 6) is -8.41. The third-order valence-corrected chi connectivity index (χ3v) is 16.0. The lowest BCUT2D eigenvalue weighted by Crippen LogP contribution is -2.69. The van der Waals surface area contributed by atoms with E-state index in [-0.39, 0.29) is 31.6 Å². The Morgan fingerprint density at radius 2 is 1.25 bits per heavy atom. The van der Waals surface area contributed by atoms with E-state index in [9.17, 15) is 81.1 Å². The SMILES string of the molecule is CC1[C@H](C)OC(=O)C[C@H](O)C[C@H](O)CC[C@@H](O)[C@H](O)C[C@H](O)C[C@]2(O)C[C@H](O)C(C(=O)NN3CCN(C)CC3)C(C[C@@H](O[C@@H]3O[C@H](C)[C@@H](O)[C@H](NC[C@@]4(O)OC[C@@H](O)[C@@H](O)[C@@H]4O)[C@@H]3O)/C=C/C=C/C=C/C=C/C=C/C=C/C=C/[C@H](C)[C@H]1O)O2. The van der Waals surface area contributed by atoms with Gasteiger partial charge in [-0.3, -0.25) is 15.0 Å². The molecule has 83 heavy (non-hydrogen) atoms. The van der Waals surface area contributed by atoms with E-state index in [0.29, 0.717) is 26.2 Å². The molecule has 0 aromatic carbocycles. The Hall–Kier alpha value is -3.72. The van der Waals surface area contributed by atoms with Crippen LogP contribution in [0.4, 0.5) is 0 Å². The number of amides is 1. The molecule has 0 aromatic heterocycles. The topological polar surface area (TPSA) is 394 Å². The number of aliphatic hydroxyl groups is 14. The number of ether oxygens (including phenoxy) is 5. The van der Waals surface area contributed by atoms with Gasteiger partial charge in [-0.25, -0.2) is 5.01 Å². The van der Waals surface area contributed by atoms with E-state index >= 15 is 0 Å². The first kappa shape index (κ1) is 70.0. The molecule has 0 radical (unpaired) electrons. The van der Waals surface area contributed by atoms with Gasteiger partial charge in [-0.05, 0) is 40.2 Å². The molecule has 0 aromatic rings. The van der Waals surface area contributed by atoms with Crippen LogP contribution in [-0.4, -0.2) is 261 Å². The fraction of sp³-hybridized carbons (Fsp3) is 0.724. The first-order chi connectivity index (χ1) is 39.2. The Bertz CT molecular complexity index is 2200. The Morgan fingerprint density at radius 3 is 1.88 bits per heavy atom. The van der Waals surface area contributed by atoms with Gasteiger partial charge in [0.2, 0.25) is 11.7 Å². The maximum atomic E-state index is 14.3. The van der Waals surface area contributed by atoms with Gasteiger partial charge >= 0.3 is 5.97 Å². The molecule has 0 aliphatic carbocycles. The Labute approximate surface area is 485 Å². The highest BCUT2D eigenvalue weighted by Crippen LogP contribution is 2.39. The molecule has 472 valence electrons. The van der Waals surface area contributed by atoms with E-state index in [4.69, 9.17) is 23.7 Å². The quantitative estimate of drug-likeness (QED) is 0.116. The number of piperazine rings is 1. The monoisotopic (exact) mass is 1180 g/mol. The van der Waals surface area contributed by atoms with Crippen LogP contribution in [0.15, 0.2) is 85.1 Å². The number of aliphatic hydroxyl groups excluding tert-OH is 12. The first-order valence-electron chi connectivity index (χ1n) is 28.8. The van der Waals surface area contributed by atoms with Gasteiger partial charge in [-0.15, -0.1) is 0 Å². The summed E-state index contributed by atoms with van der Waals surface area (Å²) in [4.78, 5) is 29.1. The van der Waals surface area contributed by atoms with E-state index < -0.39 is 184 Å². The molecule has 0 saturated carbocycles. The number of cyclic esters (lactones) is 1. The summed E-state index contributed by atoms with van der Waals surface area (Å²) in [6.07, 6.45) is -3.03. The molecule has 5 aliphatic heterocycles. The molecule has 23 atom stereocenters. The van der Waals surface area contributed by atoms with Gasteiger partial charge in [0, 0.05) is 63.7 Å². The highest BCUT2D eigenvalue weighted by molar-refractivity contribution is 5.79. The molecule has 16 N–H and O–H groups in total. The van der Waals surface area contributed by atoms with Crippen molar-refractivity contribution in [3.8, 4) is 0 Å². The minimum absolute atomic E-state index is 0.129. The van der Waals surface area contributed by atoms with Crippen molar-refractivity contribution in [2.75, 3.05) is 46.4 Å². The second-order valence-electron chi connectivity index (χ2n) is 23.0. The lowest BCUT2D eigenvalue weighted by Gasteiger charge is -2.47. The molecule has 1 amide bonds. The summed E-state index contributed by atoms with van der Waals surface area (Å²) in [5, 5.41) is 159. The van der Waals surface area contributed by atoms with Crippen LogP contribution in [0.2, 0.25) is 0 Å². The van der Waals surface area contributed by atoms with Crippen LogP contribution in [-0.2, 0) is 33.3 Å². The lowest BCUT2D eigenvalue weighted by molar-refractivity contribution is -0.323. The van der Waals surface area contributed by atoms with E-state index in [1.807, 2.05) is 20.0 Å². The third kappa shape index (κ3) is 21.6. The van der Waals surface area contributed by atoms with E-state index in [2.05, 4.69) is 15.6 Å². The number of nitrogens with zero attached hydrogens (tertiary/aromatic N) is 2. The third-order valence-electron chi connectivity index (χ3n) is 16.0. The molecule has 25 heteroatoms. The fourth-order valence-corrected chi connectivity index (χ4v) is 10.7. The van der Waals surface area contributed by atoms with Crippen LogP contribution >= 0.6 is 0 Å². The van der Waals surface area contributed by atoms with Crippen molar-refractivity contribution in [3.05, 3.63) is 85.1 Å². The predicted molar refractivity (Wildman–Crippen MR) is 299 cm³/mol. The Morgan fingerprint density at radius 1 is 0.651 bits per heavy atom. The number of rotatable bonds is 7. The first-order valence-corrected chi connectivity index (χ1v) is 28.8. The number of hydrogen-bond donors (Lipinski definition) is 16. The van der Waals surface area contributed by atoms with Crippen molar-refractivity contribution in [3.63, 3.8) is 0 Å². The standard InChI is InChI=1S/C58H94N4O21/c1-34-18-16-14-12-10-8-6-7-9-11-13-15-17-19-41(82-56-53(74)49(51(72)37(4)81-56)59-33-58(78)54(75)52(73)45(69)32-79-58)29-46-48(55(76)60-62-24-22-61(5)23-25-62)44(68)31-57(77,83-46)30-40(65)27-43(67)42(66)21-20-38(63)26-39(64)28-47(70)80-36(3)35(2)50(34)71/h6-19,34-46,48-54,56,59,63-69,71-75,77-78H,20-33H2,1-5H3,(H,60,76)/b7-6+,10-8+,11-9+,14-12+,15-13+,18-16+,19-17+/t34-,35?,36-,37+,38+,39+,40-,41-,42+,43+,44-,45+,46?,48?,49-,50+,51+,52+,53-,54-,56-,57+,58+/m0/s1. The number of carbonyl (C=O) groups excluding carboxylic acids is 2. The number of esters is 1. The van der Waals surface area contributed by atoms with Gasteiger partial charge in [0.25, 0.3) is 0 Å². The van der Waals surface area contributed by atoms with Crippen molar-refractivity contribution in [2.24, 2.45) is 17.8 Å². The molecular formula is C58H94N4O21. The molecule has 4 fully saturated rings. The Kier molecular flexibility index (Phi) is 28.2. The maximum absolute atomic E-state index is 14.3. The Balaban J connectivity index is 1.43. The maximum Gasteiger partial charge on any atom is 0.308 e. The molecule has 4 saturated heterocycles. The number of carbonyl (C=O) groups is 2. The number of nitrogens with one attached hydrogen (secondary N) is 2. The van der Waals surface area contributed by atoms with Crippen LogP contribution in [0.25, 0.3) is 0 Å². The van der Waals surface area contributed by atoms with E-state index in [1.165, 1.54) is 13.0 Å². The molecule has 3 unspecified atom stereocenters. The summed E-state index contributed by atoms with van der Waals surface area (Å²) in [6, 6.07) is -1.34. The highest BCUT2D eigenvalue weighted by Gasteiger charge is 2.53. The summed E-state index contributed by atoms with van der Waals surface area (Å²) >= 11 is 0. The average Bonchev–Trinajstić information content (AvgIpc) is 3.17. The number of hydrazine groups is 1. The van der Waals surface area contributed by atoms with Crippen molar-refractivity contribution in [2.45, 2.75) is 201 Å². The van der Waals surface area contributed by atoms with Gasteiger partial charge in [-0.1, -0.05) is 98.9 Å². The minimum atomic E-state index is -2.47. The van der Waals surface area contributed by atoms with Crippen LogP contribution in [0, 0.1) is 17.8 Å². The molecule has 5 heterocycles. The van der Waals surface area contributed by atoms with E-state index in [1.54, 1.807) is 91.8 Å². The van der Waals surface area contributed by atoms with Gasteiger partial charge in [-0.2, -0.15) is 0 Å². The van der Waals surface area contributed by atoms with Crippen LogP contribution in [0.1, 0.15) is 79.1 Å². The summed E-state index contributed by atoms with van der Waals surface area (Å²) in [5.41, 5.74) is 2.86. The number of allylic oxidation sites excluding steroid dienone is 12. The van der Waals surface area contributed by atoms with Crippen molar-refractivity contribution >= 4 is 11.9 Å². The van der Waals surface area contributed by atoms with Gasteiger partial charge in [0.05, 0.1) is 98.7 Å². The molecule has 25 nitrogen and oxygen atoms in total. The minimum Gasteiger partial charge on any atom is -0.462 e. The number of hydrogen-bond acceptors (Lipinski definition) is 24. The molecule has 2 bridgehead atoms. The zero-order valence-electron chi connectivity index (χ0n) is 48.1.